The Hall–Kier alpha value is -2.63. The molecule has 1 saturated heterocycles. The highest BCUT2D eigenvalue weighted by atomic mass is 19.1. The molecule has 0 spiro atoms. The molecule has 0 atom stereocenters. The molecule has 4 nitrogen and oxygen atoms in total. The Morgan fingerprint density at radius 1 is 1.08 bits per heavy atom. The summed E-state index contributed by atoms with van der Waals surface area (Å²) in [5, 5.41) is 0. The maximum atomic E-state index is 14.0. The third-order valence-electron chi connectivity index (χ3n) is 4.16. The molecular weight excluding hydrogens is 328 g/mol. The van der Waals surface area contributed by atoms with Crippen molar-refractivity contribution in [1.82, 2.24) is 4.90 Å². The van der Waals surface area contributed by atoms with E-state index in [1.165, 1.54) is 37.4 Å². The molecule has 132 valence electrons. The van der Waals surface area contributed by atoms with Gasteiger partial charge in [0.05, 0.1) is 7.11 Å². The molecule has 2 aromatic rings. The fraction of sp³-hybridized carbons (Fsp3) is 0.316. The van der Waals surface area contributed by atoms with Crippen LogP contribution in [0.5, 0.6) is 11.5 Å². The van der Waals surface area contributed by atoms with E-state index >= 15 is 0 Å². The molecule has 1 fully saturated rings. The lowest BCUT2D eigenvalue weighted by Gasteiger charge is -2.16. The highest BCUT2D eigenvalue weighted by Gasteiger charge is 2.18. The quantitative estimate of drug-likeness (QED) is 0.829. The fourth-order valence-corrected chi connectivity index (χ4v) is 2.91. The van der Waals surface area contributed by atoms with Gasteiger partial charge in [-0.1, -0.05) is 0 Å². The predicted octanol–water partition coefficient (Wildman–Crippen LogP) is 3.64. The molecule has 0 saturated carbocycles. The molecule has 1 aliphatic rings. The smallest absolute Gasteiger partial charge is 0.260 e. The second kappa shape index (κ2) is 7.51. The van der Waals surface area contributed by atoms with Gasteiger partial charge in [0.1, 0.15) is 23.1 Å². The van der Waals surface area contributed by atoms with E-state index in [0.29, 0.717) is 16.9 Å². The first-order valence-corrected chi connectivity index (χ1v) is 8.12. The van der Waals surface area contributed by atoms with Crippen LogP contribution in [0.2, 0.25) is 0 Å². The summed E-state index contributed by atoms with van der Waals surface area (Å²) >= 11 is 0. The number of carbonyl (C=O) groups excluding carboxylic acids is 1. The molecule has 2 aromatic carbocycles. The van der Waals surface area contributed by atoms with Gasteiger partial charge in [-0.25, -0.2) is 8.78 Å². The molecule has 0 bridgehead atoms. The lowest BCUT2D eigenvalue weighted by Crippen LogP contribution is -2.32. The Morgan fingerprint density at radius 2 is 1.84 bits per heavy atom. The van der Waals surface area contributed by atoms with Gasteiger partial charge in [0.25, 0.3) is 5.91 Å². The number of likely N-dealkylation sites (tertiary alicyclic amines) is 1. The van der Waals surface area contributed by atoms with Crippen molar-refractivity contribution < 1.29 is 23.0 Å². The van der Waals surface area contributed by atoms with Crippen LogP contribution in [0.25, 0.3) is 11.1 Å². The summed E-state index contributed by atoms with van der Waals surface area (Å²) in [6, 6.07) is 8.06. The fourth-order valence-electron chi connectivity index (χ4n) is 2.91. The van der Waals surface area contributed by atoms with Gasteiger partial charge in [0.15, 0.2) is 6.61 Å². The van der Waals surface area contributed by atoms with Crippen LogP contribution in [0.4, 0.5) is 8.78 Å². The van der Waals surface area contributed by atoms with Gasteiger partial charge in [-0.15, -0.1) is 0 Å². The zero-order valence-corrected chi connectivity index (χ0v) is 13.9. The molecule has 0 aliphatic carbocycles. The molecule has 25 heavy (non-hydrogen) atoms. The number of nitrogens with zero attached hydrogens (tertiary/aromatic N) is 1. The van der Waals surface area contributed by atoms with Crippen LogP contribution in [0, 0.1) is 11.6 Å². The molecule has 0 aromatic heterocycles. The van der Waals surface area contributed by atoms with Crippen LogP contribution in [-0.4, -0.2) is 37.6 Å². The topological polar surface area (TPSA) is 38.8 Å². The van der Waals surface area contributed by atoms with E-state index in [-0.39, 0.29) is 18.3 Å². The zero-order valence-electron chi connectivity index (χ0n) is 13.9. The average molecular weight is 347 g/mol. The van der Waals surface area contributed by atoms with Crippen molar-refractivity contribution in [3.05, 3.63) is 48.0 Å². The third-order valence-corrected chi connectivity index (χ3v) is 4.16. The van der Waals surface area contributed by atoms with Crippen molar-refractivity contribution in [1.29, 1.82) is 0 Å². The van der Waals surface area contributed by atoms with Gasteiger partial charge < -0.3 is 14.4 Å². The monoisotopic (exact) mass is 347 g/mol. The highest BCUT2D eigenvalue weighted by molar-refractivity contribution is 5.78. The summed E-state index contributed by atoms with van der Waals surface area (Å²) < 4.78 is 38.2. The zero-order chi connectivity index (χ0) is 17.8. The number of amides is 1. The Labute approximate surface area is 145 Å². The number of hydrogen-bond acceptors (Lipinski definition) is 3. The van der Waals surface area contributed by atoms with Gasteiger partial charge in [-0.2, -0.15) is 0 Å². The van der Waals surface area contributed by atoms with E-state index in [1.807, 2.05) is 0 Å². The molecule has 0 N–H and O–H groups in total. The average Bonchev–Trinajstić information content (AvgIpc) is 3.14. The minimum absolute atomic E-state index is 0.119. The summed E-state index contributed by atoms with van der Waals surface area (Å²) in [6.07, 6.45) is 1.99. The second-order valence-electron chi connectivity index (χ2n) is 5.90. The van der Waals surface area contributed by atoms with Crippen LogP contribution < -0.4 is 9.47 Å². The number of methoxy groups -OCH3 is 1. The van der Waals surface area contributed by atoms with Crippen molar-refractivity contribution in [3.8, 4) is 22.6 Å². The van der Waals surface area contributed by atoms with Crippen molar-refractivity contribution in [2.45, 2.75) is 12.8 Å². The summed E-state index contributed by atoms with van der Waals surface area (Å²) in [6.45, 7) is 1.32. The van der Waals surface area contributed by atoms with Crippen LogP contribution in [-0.2, 0) is 4.79 Å². The lowest BCUT2D eigenvalue weighted by molar-refractivity contribution is -0.132. The first-order valence-electron chi connectivity index (χ1n) is 8.12. The van der Waals surface area contributed by atoms with Gasteiger partial charge in [-0.3, -0.25) is 4.79 Å². The SMILES string of the molecule is COc1ccc(F)cc1-c1cc(F)cc(OCC(=O)N2CCCC2)c1. The van der Waals surface area contributed by atoms with Crippen LogP contribution in [0.15, 0.2) is 36.4 Å². The van der Waals surface area contributed by atoms with E-state index in [2.05, 4.69) is 0 Å². The summed E-state index contributed by atoms with van der Waals surface area (Å²) in [5.74, 6) is -0.467. The van der Waals surface area contributed by atoms with Crippen molar-refractivity contribution in [2.24, 2.45) is 0 Å². The first kappa shape index (κ1) is 17.2. The predicted molar refractivity (Wildman–Crippen MR) is 89.7 cm³/mol. The normalized spacial score (nSPS) is 13.8. The van der Waals surface area contributed by atoms with Crippen LogP contribution >= 0.6 is 0 Å². The first-order chi connectivity index (χ1) is 12.1. The van der Waals surface area contributed by atoms with E-state index in [9.17, 15) is 13.6 Å². The second-order valence-corrected chi connectivity index (χ2v) is 5.90. The van der Waals surface area contributed by atoms with Crippen molar-refractivity contribution in [3.63, 3.8) is 0 Å². The summed E-state index contributed by atoms with van der Waals surface area (Å²) in [7, 11) is 1.46. The maximum Gasteiger partial charge on any atom is 0.260 e. The number of benzene rings is 2. The minimum Gasteiger partial charge on any atom is -0.496 e. The van der Waals surface area contributed by atoms with E-state index in [1.54, 1.807) is 11.0 Å². The van der Waals surface area contributed by atoms with Gasteiger partial charge >= 0.3 is 0 Å². The molecule has 1 amide bonds. The lowest BCUT2D eigenvalue weighted by atomic mass is 10.0. The molecule has 3 rings (SSSR count). The van der Waals surface area contributed by atoms with Crippen LogP contribution in [0.1, 0.15) is 12.8 Å². The molecule has 6 heteroatoms. The Balaban J connectivity index is 1.81. The van der Waals surface area contributed by atoms with Crippen LogP contribution in [0.3, 0.4) is 0 Å². The number of hydrogen-bond donors (Lipinski definition) is 0. The maximum absolute atomic E-state index is 14.0. The molecular formula is C19H19F2NO3. The Bertz CT molecular complexity index is 773. The van der Waals surface area contributed by atoms with E-state index < -0.39 is 11.6 Å². The highest BCUT2D eigenvalue weighted by Crippen LogP contribution is 2.33. The summed E-state index contributed by atoms with van der Waals surface area (Å²) in [5.41, 5.74) is 0.831. The third kappa shape index (κ3) is 4.07. The summed E-state index contributed by atoms with van der Waals surface area (Å²) in [4.78, 5) is 13.8. The number of carbonyl (C=O) groups is 1. The molecule has 0 radical (unpaired) electrons. The Kier molecular flexibility index (Phi) is 5.16. The van der Waals surface area contributed by atoms with E-state index in [0.717, 1.165) is 25.9 Å². The van der Waals surface area contributed by atoms with Gasteiger partial charge in [0, 0.05) is 24.7 Å². The van der Waals surface area contributed by atoms with Gasteiger partial charge in [0.2, 0.25) is 0 Å². The minimum atomic E-state index is -0.535. The largest absolute Gasteiger partial charge is 0.496 e. The molecule has 1 aliphatic heterocycles. The number of ether oxygens (including phenoxy) is 2. The van der Waals surface area contributed by atoms with Crippen molar-refractivity contribution >= 4 is 5.91 Å². The number of halogens is 2. The molecule has 0 unspecified atom stereocenters. The van der Waals surface area contributed by atoms with Crippen molar-refractivity contribution in [2.75, 3.05) is 26.8 Å². The molecule has 1 heterocycles. The van der Waals surface area contributed by atoms with E-state index in [4.69, 9.17) is 9.47 Å². The Morgan fingerprint density at radius 3 is 2.56 bits per heavy atom. The van der Waals surface area contributed by atoms with Gasteiger partial charge in [-0.05, 0) is 48.7 Å². The number of rotatable bonds is 5. The standard InChI is InChI=1S/C19H19F2NO3/c1-24-18-5-4-14(20)11-17(18)13-8-15(21)10-16(9-13)25-12-19(23)22-6-2-3-7-22/h4-5,8-11H,2-3,6-7,12H2,1H3.